The fraction of sp³-hybridized carbons (Fsp3) is 0.464. The summed E-state index contributed by atoms with van der Waals surface area (Å²) in [6.45, 7) is 0.664. The van der Waals surface area contributed by atoms with E-state index in [0.717, 1.165) is 12.1 Å². The van der Waals surface area contributed by atoms with Crippen LogP contribution >= 0.6 is 0 Å². The van der Waals surface area contributed by atoms with Crippen molar-refractivity contribution < 1.29 is 69.0 Å². The second-order valence-electron chi connectivity index (χ2n) is 10.3. The minimum atomic E-state index is -1.85. The monoisotopic (exact) mass is 608 g/mol. The Balaban J connectivity index is 1.43. The molecule has 15 heteroatoms. The fourth-order valence-corrected chi connectivity index (χ4v) is 5.04. The van der Waals surface area contributed by atoms with Gasteiger partial charge in [0.1, 0.15) is 65.4 Å². The number of rotatable bonds is 7. The molecule has 2 aliphatic heterocycles. The van der Waals surface area contributed by atoms with Crippen LogP contribution in [0.15, 0.2) is 45.6 Å². The summed E-state index contributed by atoms with van der Waals surface area (Å²) in [5.74, 6) is -0.914. The largest absolute Gasteiger partial charge is 0.508 e. The Morgan fingerprint density at radius 3 is 2.19 bits per heavy atom. The predicted molar refractivity (Wildman–Crippen MR) is 143 cm³/mol. The van der Waals surface area contributed by atoms with Gasteiger partial charge in [-0.15, -0.1) is 0 Å². The van der Waals surface area contributed by atoms with Crippen LogP contribution in [0.2, 0.25) is 0 Å². The number of phenols is 2. The van der Waals surface area contributed by atoms with Gasteiger partial charge in [-0.2, -0.15) is 0 Å². The van der Waals surface area contributed by atoms with Crippen LogP contribution in [0.3, 0.4) is 0 Å². The number of ether oxygens (including phenoxy) is 5. The number of methoxy groups -OCH3 is 1. The fourth-order valence-electron chi connectivity index (χ4n) is 5.04. The van der Waals surface area contributed by atoms with Crippen molar-refractivity contribution in [2.45, 2.75) is 68.3 Å². The van der Waals surface area contributed by atoms with Crippen molar-refractivity contribution in [3.63, 3.8) is 0 Å². The molecule has 2 aromatic carbocycles. The minimum Gasteiger partial charge on any atom is -0.508 e. The summed E-state index contributed by atoms with van der Waals surface area (Å²) in [5.41, 5.74) is -0.397. The van der Waals surface area contributed by atoms with Crippen LogP contribution in [-0.2, 0) is 14.2 Å². The van der Waals surface area contributed by atoms with Gasteiger partial charge >= 0.3 is 0 Å². The Kier molecular flexibility index (Phi) is 8.80. The number of aliphatic hydroxyl groups excluding tert-OH is 6. The highest BCUT2D eigenvalue weighted by Gasteiger charge is 2.50. The first-order chi connectivity index (χ1) is 20.4. The molecular formula is C28H32O15. The Morgan fingerprint density at radius 2 is 1.53 bits per heavy atom. The molecule has 1 aromatic heterocycles. The number of fused-ring (bicyclic) bond motifs is 1. The van der Waals surface area contributed by atoms with Gasteiger partial charge in [0.15, 0.2) is 23.1 Å². The molecule has 234 valence electrons. The van der Waals surface area contributed by atoms with Gasteiger partial charge in [-0.1, -0.05) is 0 Å². The summed E-state index contributed by atoms with van der Waals surface area (Å²) in [5, 5.41) is 82.1. The first-order valence-corrected chi connectivity index (χ1v) is 13.3. The van der Waals surface area contributed by atoms with Crippen LogP contribution in [0.5, 0.6) is 23.0 Å². The van der Waals surface area contributed by atoms with E-state index < -0.39 is 79.2 Å². The molecule has 8 N–H and O–H groups in total. The van der Waals surface area contributed by atoms with Crippen molar-refractivity contribution in [3.05, 3.63) is 46.6 Å². The maximum absolute atomic E-state index is 12.9. The van der Waals surface area contributed by atoms with Crippen LogP contribution in [0.25, 0.3) is 22.3 Å². The number of benzene rings is 2. The van der Waals surface area contributed by atoms with Crippen LogP contribution in [0.1, 0.15) is 6.92 Å². The van der Waals surface area contributed by atoms with Gasteiger partial charge < -0.3 is 69.0 Å². The highest BCUT2D eigenvalue weighted by molar-refractivity contribution is 5.91. The highest BCUT2D eigenvalue weighted by atomic mass is 16.7. The molecule has 0 bridgehead atoms. The van der Waals surface area contributed by atoms with Crippen molar-refractivity contribution in [3.8, 4) is 34.3 Å². The predicted octanol–water partition coefficient (Wildman–Crippen LogP) is -1.09. The average molecular weight is 609 g/mol. The number of hydrogen-bond acceptors (Lipinski definition) is 15. The van der Waals surface area contributed by atoms with E-state index >= 15 is 0 Å². The first kappa shape index (κ1) is 30.9. The first-order valence-electron chi connectivity index (χ1n) is 13.3. The zero-order valence-electron chi connectivity index (χ0n) is 22.9. The number of hydrogen-bond donors (Lipinski definition) is 8. The maximum Gasteiger partial charge on any atom is 0.229 e. The van der Waals surface area contributed by atoms with Crippen LogP contribution < -0.4 is 14.9 Å². The number of aliphatic hydroxyl groups is 6. The molecule has 0 spiro atoms. The maximum atomic E-state index is 12.9. The lowest BCUT2D eigenvalue weighted by atomic mass is 9.97. The van der Waals surface area contributed by atoms with Gasteiger partial charge in [0, 0.05) is 17.7 Å². The molecule has 0 saturated carbocycles. The lowest BCUT2D eigenvalue weighted by Gasteiger charge is -2.45. The second kappa shape index (κ2) is 12.2. The molecule has 0 amide bonds. The summed E-state index contributed by atoms with van der Waals surface area (Å²) >= 11 is 0. The zero-order chi connectivity index (χ0) is 31.2. The van der Waals surface area contributed by atoms with E-state index in [9.17, 15) is 45.6 Å². The molecule has 0 radical (unpaired) electrons. The van der Waals surface area contributed by atoms with Crippen molar-refractivity contribution in [2.24, 2.45) is 0 Å². The summed E-state index contributed by atoms with van der Waals surface area (Å²) in [6.07, 6.45) is -15.5. The molecule has 0 aliphatic carbocycles. The Bertz CT molecular complexity index is 1490. The molecule has 2 saturated heterocycles. The van der Waals surface area contributed by atoms with Crippen LogP contribution in [0.4, 0.5) is 0 Å². The van der Waals surface area contributed by atoms with Gasteiger partial charge in [-0.3, -0.25) is 4.79 Å². The molecule has 3 aromatic rings. The van der Waals surface area contributed by atoms with Crippen LogP contribution in [-0.4, -0.2) is 116 Å². The number of phenolic OH excluding ortho intramolecular Hbond substituents is 2. The summed E-state index contributed by atoms with van der Waals surface area (Å²) in [6, 6.07) is 7.98. The molecular weight excluding hydrogens is 576 g/mol. The molecule has 2 fully saturated rings. The van der Waals surface area contributed by atoms with Crippen molar-refractivity contribution in [1.82, 2.24) is 0 Å². The molecule has 43 heavy (non-hydrogen) atoms. The van der Waals surface area contributed by atoms with E-state index in [1.165, 1.54) is 38.3 Å². The number of aromatic hydroxyl groups is 2. The minimum absolute atomic E-state index is 0.00626. The van der Waals surface area contributed by atoms with E-state index in [1.807, 2.05) is 0 Å². The quantitative estimate of drug-likeness (QED) is 0.159. The third kappa shape index (κ3) is 5.74. The van der Waals surface area contributed by atoms with Gasteiger partial charge in [-0.25, -0.2) is 0 Å². The van der Waals surface area contributed by atoms with E-state index in [2.05, 4.69) is 0 Å². The van der Waals surface area contributed by atoms with Crippen molar-refractivity contribution >= 4 is 11.0 Å². The molecule has 3 heterocycles. The van der Waals surface area contributed by atoms with Gasteiger partial charge in [0.05, 0.1) is 19.8 Å². The molecule has 5 rings (SSSR count). The summed E-state index contributed by atoms with van der Waals surface area (Å²) in [4.78, 5) is 12.9. The second-order valence-corrected chi connectivity index (χ2v) is 10.3. The van der Waals surface area contributed by atoms with Gasteiger partial charge in [0.2, 0.25) is 12.0 Å². The SMILES string of the molecule is COc1c(O[C@@H]2O[C@H](CO)[C@@H](O[C@@H]3O[C@@H](C)[C@H](O)[C@@H](O)[C@H]3O)[C@H](O)[C@H]2O)cc(O)c2c(=O)cc(-c3ccc(O)cc3)oc12. The zero-order valence-corrected chi connectivity index (χ0v) is 22.9. The van der Waals surface area contributed by atoms with E-state index in [4.69, 9.17) is 28.1 Å². The Labute approximate surface area is 243 Å². The lowest BCUT2D eigenvalue weighted by molar-refractivity contribution is -0.349. The smallest absolute Gasteiger partial charge is 0.229 e. The average Bonchev–Trinajstić information content (AvgIpc) is 2.98. The van der Waals surface area contributed by atoms with E-state index in [0.29, 0.717) is 5.56 Å². The molecule has 10 atom stereocenters. The van der Waals surface area contributed by atoms with Crippen LogP contribution in [0, 0.1) is 0 Å². The van der Waals surface area contributed by atoms with Crippen molar-refractivity contribution in [1.29, 1.82) is 0 Å². The van der Waals surface area contributed by atoms with E-state index in [1.54, 1.807) is 0 Å². The van der Waals surface area contributed by atoms with Gasteiger partial charge in [0.25, 0.3) is 0 Å². The van der Waals surface area contributed by atoms with Crippen molar-refractivity contribution in [2.75, 3.05) is 13.7 Å². The molecule has 0 unspecified atom stereocenters. The summed E-state index contributed by atoms with van der Waals surface area (Å²) < 4.78 is 33.7. The third-order valence-electron chi connectivity index (χ3n) is 7.42. The third-order valence-corrected chi connectivity index (χ3v) is 7.42. The summed E-state index contributed by atoms with van der Waals surface area (Å²) in [7, 11) is 1.24. The topological polar surface area (TPSA) is 238 Å². The standard InChI is InChI=1S/C28H32O15/c1-10-19(33)20(34)22(36)27(39-10)43-24-17(9-29)42-28(23(37)21(24)35)41-16-8-14(32)18-13(31)7-15(40-26(18)25(16)38-2)11-3-5-12(30)6-4-11/h3-8,10,17,19-24,27-30,32-37H,9H2,1-2H3/t10-,17+,19-,20+,21+,22+,23+,24+,27-,28+/m0/s1. The highest BCUT2D eigenvalue weighted by Crippen LogP contribution is 2.42. The normalized spacial score (nSPS) is 32.9. The Hall–Kier alpha value is -3.51. The molecule has 15 nitrogen and oxygen atoms in total. The Morgan fingerprint density at radius 1 is 0.860 bits per heavy atom. The molecule has 2 aliphatic rings. The van der Waals surface area contributed by atoms with Gasteiger partial charge in [-0.05, 0) is 31.2 Å². The van der Waals surface area contributed by atoms with E-state index in [-0.39, 0.29) is 34.0 Å². The lowest BCUT2D eigenvalue weighted by Crippen LogP contribution is -2.64.